The molecule has 0 aliphatic heterocycles. The molecule has 0 aliphatic carbocycles. The lowest BCUT2D eigenvalue weighted by molar-refractivity contribution is 0.0930. The van der Waals surface area contributed by atoms with Gasteiger partial charge in [-0.2, -0.15) is 0 Å². The molecule has 0 saturated carbocycles. The summed E-state index contributed by atoms with van der Waals surface area (Å²) in [4.78, 5) is 24.0. The molecule has 0 fully saturated rings. The van der Waals surface area contributed by atoms with Crippen LogP contribution in [0.1, 0.15) is 35.7 Å². The zero-order chi connectivity index (χ0) is 14.7. The summed E-state index contributed by atoms with van der Waals surface area (Å²) in [6.07, 6.45) is 5.84. The zero-order valence-electron chi connectivity index (χ0n) is 11.7. The smallest absolute Gasteiger partial charge is 0.271 e. The van der Waals surface area contributed by atoms with Crippen LogP contribution in [0.5, 0.6) is 0 Å². The van der Waals surface area contributed by atoms with Gasteiger partial charge in [-0.3, -0.25) is 9.78 Å². The average molecular weight is 280 g/mol. The molecular formula is C16H16N4O. The van der Waals surface area contributed by atoms with Crippen LogP contribution in [0.3, 0.4) is 0 Å². The number of benzene rings is 1. The number of rotatable bonds is 4. The summed E-state index contributed by atoms with van der Waals surface area (Å²) in [5.74, 6) is 0.570. The number of imidazole rings is 1. The maximum Gasteiger partial charge on any atom is 0.271 e. The molecule has 21 heavy (non-hydrogen) atoms. The number of hydrogen-bond acceptors (Lipinski definition) is 3. The van der Waals surface area contributed by atoms with Crippen LogP contribution in [0.2, 0.25) is 0 Å². The lowest BCUT2D eigenvalue weighted by atomic mass is 10.1. The van der Waals surface area contributed by atoms with Gasteiger partial charge in [0.15, 0.2) is 0 Å². The Balaban J connectivity index is 1.90. The van der Waals surface area contributed by atoms with E-state index in [-0.39, 0.29) is 11.9 Å². The number of nitrogens with zero attached hydrogens (tertiary/aromatic N) is 2. The van der Waals surface area contributed by atoms with E-state index in [1.54, 1.807) is 18.6 Å². The monoisotopic (exact) mass is 280 g/mol. The number of aromatic amines is 1. The molecule has 0 bridgehead atoms. The molecule has 3 rings (SSSR count). The second-order valence-electron chi connectivity index (χ2n) is 4.79. The van der Waals surface area contributed by atoms with E-state index in [4.69, 9.17) is 0 Å². The molecule has 106 valence electrons. The third-order valence-corrected chi connectivity index (χ3v) is 3.45. The van der Waals surface area contributed by atoms with Gasteiger partial charge < -0.3 is 10.3 Å². The first-order valence-electron chi connectivity index (χ1n) is 6.93. The van der Waals surface area contributed by atoms with E-state index in [1.807, 2.05) is 37.3 Å². The molecule has 2 heterocycles. The van der Waals surface area contributed by atoms with Crippen LogP contribution in [0.4, 0.5) is 0 Å². The number of aromatic nitrogens is 3. The SMILES string of the molecule is CCC(NC(=O)c1nccc2ccccc12)c1ncc[nH]1. The van der Waals surface area contributed by atoms with E-state index in [9.17, 15) is 4.79 Å². The molecule has 2 N–H and O–H groups in total. The molecule has 3 aromatic rings. The Labute approximate surface area is 122 Å². The number of amides is 1. The van der Waals surface area contributed by atoms with E-state index >= 15 is 0 Å². The molecule has 1 unspecified atom stereocenters. The number of hydrogen-bond donors (Lipinski definition) is 2. The van der Waals surface area contributed by atoms with Gasteiger partial charge in [0.25, 0.3) is 5.91 Å². The summed E-state index contributed by atoms with van der Waals surface area (Å²) in [6.45, 7) is 2.00. The Morgan fingerprint density at radius 2 is 2.10 bits per heavy atom. The molecule has 0 spiro atoms. The fourth-order valence-electron chi connectivity index (χ4n) is 2.36. The van der Waals surface area contributed by atoms with Crippen LogP contribution in [0.15, 0.2) is 48.9 Å². The second-order valence-corrected chi connectivity index (χ2v) is 4.79. The Morgan fingerprint density at radius 3 is 2.86 bits per heavy atom. The molecule has 2 aromatic heterocycles. The molecule has 0 saturated heterocycles. The topological polar surface area (TPSA) is 70.7 Å². The summed E-state index contributed by atoms with van der Waals surface area (Å²) >= 11 is 0. The fourth-order valence-corrected chi connectivity index (χ4v) is 2.36. The summed E-state index contributed by atoms with van der Waals surface area (Å²) in [6, 6.07) is 9.48. The van der Waals surface area contributed by atoms with Crippen molar-refractivity contribution in [1.82, 2.24) is 20.3 Å². The van der Waals surface area contributed by atoms with Crippen LogP contribution >= 0.6 is 0 Å². The molecule has 0 aliphatic rings. The Morgan fingerprint density at radius 1 is 1.24 bits per heavy atom. The van der Waals surface area contributed by atoms with Crippen LogP contribution in [-0.2, 0) is 0 Å². The molecule has 1 atom stereocenters. The number of H-pyrrole nitrogens is 1. The highest BCUT2D eigenvalue weighted by molar-refractivity contribution is 6.05. The third-order valence-electron chi connectivity index (χ3n) is 3.45. The van der Waals surface area contributed by atoms with Crippen LogP contribution in [-0.4, -0.2) is 20.9 Å². The molecule has 1 amide bonds. The molecular weight excluding hydrogens is 264 g/mol. The summed E-state index contributed by atoms with van der Waals surface area (Å²) in [5, 5.41) is 4.84. The van der Waals surface area contributed by atoms with Crippen molar-refractivity contribution in [3.05, 3.63) is 60.4 Å². The van der Waals surface area contributed by atoms with Gasteiger partial charge in [0.1, 0.15) is 11.5 Å². The van der Waals surface area contributed by atoms with E-state index in [0.717, 1.165) is 23.0 Å². The lowest BCUT2D eigenvalue weighted by Gasteiger charge is -2.15. The number of pyridine rings is 1. The van der Waals surface area contributed by atoms with Gasteiger partial charge in [-0.15, -0.1) is 0 Å². The van der Waals surface area contributed by atoms with E-state index in [1.165, 1.54) is 0 Å². The Kier molecular flexibility index (Phi) is 3.64. The van der Waals surface area contributed by atoms with E-state index in [0.29, 0.717) is 5.69 Å². The van der Waals surface area contributed by atoms with Crippen LogP contribution in [0.25, 0.3) is 10.8 Å². The minimum atomic E-state index is -0.185. The van der Waals surface area contributed by atoms with Crippen molar-refractivity contribution in [2.75, 3.05) is 0 Å². The fraction of sp³-hybridized carbons (Fsp3) is 0.188. The summed E-state index contributed by atoms with van der Waals surface area (Å²) in [5.41, 5.74) is 0.443. The van der Waals surface area contributed by atoms with Gasteiger partial charge in [-0.1, -0.05) is 31.2 Å². The number of carbonyl (C=O) groups is 1. The van der Waals surface area contributed by atoms with Crippen molar-refractivity contribution >= 4 is 16.7 Å². The highest BCUT2D eigenvalue weighted by Gasteiger charge is 2.18. The van der Waals surface area contributed by atoms with Crippen molar-refractivity contribution in [3.8, 4) is 0 Å². The zero-order valence-corrected chi connectivity index (χ0v) is 11.7. The standard InChI is InChI=1S/C16H16N4O/c1-2-13(15-18-9-10-19-15)20-16(21)14-12-6-4-3-5-11(12)7-8-17-14/h3-10,13H,2H2,1H3,(H,18,19)(H,20,21). The third kappa shape index (κ3) is 2.63. The van der Waals surface area contributed by atoms with Crippen molar-refractivity contribution in [2.24, 2.45) is 0 Å². The van der Waals surface area contributed by atoms with E-state index < -0.39 is 0 Å². The number of nitrogens with one attached hydrogen (secondary N) is 2. The largest absolute Gasteiger partial charge is 0.347 e. The van der Waals surface area contributed by atoms with Gasteiger partial charge in [-0.25, -0.2) is 4.98 Å². The minimum absolute atomic E-state index is 0.145. The van der Waals surface area contributed by atoms with Crippen LogP contribution < -0.4 is 5.32 Å². The maximum absolute atomic E-state index is 12.5. The first-order chi connectivity index (χ1) is 10.3. The first kappa shape index (κ1) is 13.3. The number of carbonyl (C=O) groups excluding carboxylic acids is 1. The minimum Gasteiger partial charge on any atom is -0.347 e. The normalized spacial score (nSPS) is 12.2. The van der Waals surface area contributed by atoms with Gasteiger partial charge in [0.2, 0.25) is 0 Å². The predicted octanol–water partition coefficient (Wildman–Crippen LogP) is 2.84. The lowest BCUT2D eigenvalue weighted by Crippen LogP contribution is -2.29. The van der Waals surface area contributed by atoms with Crippen molar-refractivity contribution in [1.29, 1.82) is 0 Å². The average Bonchev–Trinajstić information content (AvgIpc) is 3.06. The van der Waals surface area contributed by atoms with E-state index in [2.05, 4.69) is 20.3 Å². The van der Waals surface area contributed by atoms with Gasteiger partial charge in [0.05, 0.1) is 6.04 Å². The second kappa shape index (κ2) is 5.75. The van der Waals surface area contributed by atoms with Crippen molar-refractivity contribution in [2.45, 2.75) is 19.4 Å². The molecule has 5 heteroatoms. The molecule has 5 nitrogen and oxygen atoms in total. The predicted molar refractivity (Wildman–Crippen MR) is 80.8 cm³/mol. The van der Waals surface area contributed by atoms with Gasteiger partial charge in [0, 0.05) is 24.0 Å². The van der Waals surface area contributed by atoms with Crippen molar-refractivity contribution in [3.63, 3.8) is 0 Å². The molecule has 0 radical (unpaired) electrons. The highest BCUT2D eigenvalue weighted by atomic mass is 16.1. The number of fused-ring (bicyclic) bond motifs is 1. The summed E-state index contributed by atoms with van der Waals surface area (Å²) < 4.78 is 0. The highest BCUT2D eigenvalue weighted by Crippen LogP contribution is 2.18. The molecule has 1 aromatic carbocycles. The van der Waals surface area contributed by atoms with Crippen LogP contribution in [0, 0.1) is 0 Å². The van der Waals surface area contributed by atoms with Gasteiger partial charge in [-0.05, 0) is 17.9 Å². The van der Waals surface area contributed by atoms with Crippen molar-refractivity contribution < 1.29 is 4.79 Å². The maximum atomic E-state index is 12.5. The first-order valence-corrected chi connectivity index (χ1v) is 6.93. The Hall–Kier alpha value is -2.69. The Bertz CT molecular complexity index is 747. The summed E-state index contributed by atoms with van der Waals surface area (Å²) in [7, 11) is 0. The quantitative estimate of drug-likeness (QED) is 0.772. The van der Waals surface area contributed by atoms with Gasteiger partial charge >= 0.3 is 0 Å².